The molecule has 7 heteroatoms. The number of hydrogen-bond acceptors (Lipinski definition) is 3. The molecule has 0 aliphatic carbocycles. The maximum atomic E-state index is 12.4. The molecule has 2 aliphatic heterocycles. The van der Waals surface area contributed by atoms with Crippen LogP contribution in [0, 0.1) is 0 Å². The molecule has 1 atom stereocenters. The van der Waals surface area contributed by atoms with Crippen LogP contribution in [0.1, 0.15) is 18.4 Å². The van der Waals surface area contributed by atoms with Crippen LogP contribution in [0.4, 0.5) is 0 Å². The second-order valence-electron chi connectivity index (χ2n) is 6.12. The Bertz CT molecular complexity index is 583. The van der Waals surface area contributed by atoms with Crippen molar-refractivity contribution in [1.29, 1.82) is 0 Å². The van der Waals surface area contributed by atoms with Gasteiger partial charge in [-0.1, -0.05) is 29.8 Å². The van der Waals surface area contributed by atoms with Gasteiger partial charge in [-0.15, -0.1) is 12.4 Å². The maximum absolute atomic E-state index is 12.4. The molecule has 5 nitrogen and oxygen atoms in total. The average molecular weight is 372 g/mol. The van der Waals surface area contributed by atoms with Gasteiger partial charge in [-0.25, -0.2) is 0 Å². The Morgan fingerprint density at radius 2 is 1.79 bits per heavy atom. The van der Waals surface area contributed by atoms with Gasteiger partial charge in [0.25, 0.3) is 0 Å². The Balaban J connectivity index is 0.00000208. The first-order valence-corrected chi connectivity index (χ1v) is 8.56. The highest BCUT2D eigenvalue weighted by Gasteiger charge is 2.30. The Morgan fingerprint density at radius 1 is 1.12 bits per heavy atom. The number of amides is 2. The summed E-state index contributed by atoms with van der Waals surface area (Å²) in [6.45, 7) is 3.35. The highest BCUT2D eigenvalue weighted by molar-refractivity contribution is 6.31. The number of benzene rings is 1. The quantitative estimate of drug-likeness (QED) is 0.879. The fraction of sp³-hybridized carbons (Fsp3) is 0.529. The molecule has 2 amide bonds. The fourth-order valence-corrected chi connectivity index (χ4v) is 3.41. The molecule has 2 aliphatic rings. The van der Waals surface area contributed by atoms with Gasteiger partial charge in [0, 0.05) is 31.2 Å². The summed E-state index contributed by atoms with van der Waals surface area (Å²) >= 11 is 6.11. The lowest BCUT2D eigenvalue weighted by atomic mass is 10.1. The third-order valence-corrected chi connectivity index (χ3v) is 4.97. The molecule has 24 heavy (non-hydrogen) atoms. The lowest BCUT2D eigenvalue weighted by Crippen LogP contribution is -2.54. The first-order chi connectivity index (χ1) is 11.1. The lowest BCUT2D eigenvalue weighted by Gasteiger charge is -2.36. The molecule has 2 fully saturated rings. The van der Waals surface area contributed by atoms with Crippen LogP contribution in [0.3, 0.4) is 0 Å². The van der Waals surface area contributed by atoms with E-state index in [1.165, 1.54) is 0 Å². The summed E-state index contributed by atoms with van der Waals surface area (Å²) in [6.07, 6.45) is 2.30. The van der Waals surface area contributed by atoms with Crippen LogP contribution >= 0.6 is 24.0 Å². The highest BCUT2D eigenvalue weighted by Crippen LogP contribution is 2.17. The van der Waals surface area contributed by atoms with Crippen molar-refractivity contribution in [2.24, 2.45) is 0 Å². The molecule has 2 heterocycles. The second kappa shape index (κ2) is 8.70. The van der Waals surface area contributed by atoms with Crippen molar-refractivity contribution in [2.45, 2.75) is 25.3 Å². The first kappa shape index (κ1) is 19.0. The Morgan fingerprint density at radius 3 is 2.42 bits per heavy atom. The van der Waals surface area contributed by atoms with Gasteiger partial charge in [0.1, 0.15) is 0 Å². The molecule has 0 bridgehead atoms. The van der Waals surface area contributed by atoms with Crippen LogP contribution in [0.2, 0.25) is 5.02 Å². The largest absolute Gasteiger partial charge is 0.339 e. The zero-order valence-corrected chi connectivity index (χ0v) is 15.1. The smallest absolute Gasteiger partial charge is 0.239 e. The van der Waals surface area contributed by atoms with E-state index in [2.05, 4.69) is 5.32 Å². The third-order valence-electron chi connectivity index (χ3n) is 4.60. The van der Waals surface area contributed by atoms with Gasteiger partial charge in [-0.3, -0.25) is 9.59 Å². The van der Waals surface area contributed by atoms with Crippen molar-refractivity contribution in [3.05, 3.63) is 34.9 Å². The number of halogens is 2. The average Bonchev–Trinajstić information content (AvgIpc) is 3.11. The summed E-state index contributed by atoms with van der Waals surface area (Å²) in [5, 5.41) is 3.87. The number of carbonyl (C=O) groups is 2. The minimum atomic E-state index is -0.0274. The standard InChI is InChI=1S/C17H22ClN3O2.ClH/c18-14-5-2-1-4-13(14)12-16(22)20-8-10-21(11-9-20)17(23)15-6-3-7-19-15;/h1-2,4-5,15,19H,3,6-12H2;1H. The van der Waals surface area contributed by atoms with Crippen LogP contribution in [0.25, 0.3) is 0 Å². The van der Waals surface area contributed by atoms with Crippen molar-refractivity contribution in [3.63, 3.8) is 0 Å². The predicted octanol–water partition coefficient (Wildman–Crippen LogP) is 1.73. The van der Waals surface area contributed by atoms with E-state index in [0.717, 1.165) is 24.9 Å². The summed E-state index contributed by atoms with van der Waals surface area (Å²) in [5.41, 5.74) is 0.854. The van der Waals surface area contributed by atoms with Crippen LogP contribution in [0.15, 0.2) is 24.3 Å². The maximum Gasteiger partial charge on any atom is 0.239 e. The van der Waals surface area contributed by atoms with E-state index in [9.17, 15) is 9.59 Å². The minimum absolute atomic E-state index is 0. The van der Waals surface area contributed by atoms with Crippen molar-refractivity contribution in [3.8, 4) is 0 Å². The molecule has 132 valence electrons. The van der Waals surface area contributed by atoms with Gasteiger partial charge in [-0.2, -0.15) is 0 Å². The van der Waals surface area contributed by atoms with Crippen molar-refractivity contribution < 1.29 is 9.59 Å². The molecule has 1 aromatic carbocycles. The summed E-state index contributed by atoms with van der Waals surface area (Å²) in [4.78, 5) is 28.5. The van der Waals surface area contributed by atoms with Crippen LogP contribution in [0.5, 0.6) is 0 Å². The van der Waals surface area contributed by atoms with E-state index in [-0.39, 0.29) is 30.3 Å². The van der Waals surface area contributed by atoms with E-state index in [0.29, 0.717) is 37.6 Å². The molecule has 0 spiro atoms. The molecular formula is C17H23Cl2N3O2. The first-order valence-electron chi connectivity index (χ1n) is 8.18. The SMILES string of the molecule is Cl.O=C(Cc1ccccc1Cl)N1CCN(C(=O)C2CCCN2)CC1. The topological polar surface area (TPSA) is 52.7 Å². The number of piperazine rings is 1. The summed E-state index contributed by atoms with van der Waals surface area (Å²) in [7, 11) is 0. The fourth-order valence-electron chi connectivity index (χ4n) is 3.21. The third kappa shape index (κ3) is 4.41. The minimum Gasteiger partial charge on any atom is -0.339 e. The van der Waals surface area contributed by atoms with Crippen LogP contribution in [-0.4, -0.2) is 60.4 Å². The normalized spacial score (nSPS) is 20.6. The number of nitrogens with zero attached hydrogens (tertiary/aromatic N) is 2. The van der Waals surface area contributed by atoms with Gasteiger partial charge in [0.15, 0.2) is 0 Å². The molecule has 0 radical (unpaired) electrons. The molecule has 3 rings (SSSR count). The van der Waals surface area contributed by atoms with Crippen molar-refractivity contribution in [1.82, 2.24) is 15.1 Å². The Hall–Kier alpha value is -1.30. The predicted molar refractivity (Wildman–Crippen MR) is 96.6 cm³/mol. The van der Waals surface area contributed by atoms with Gasteiger partial charge >= 0.3 is 0 Å². The molecule has 0 saturated carbocycles. The molecule has 1 aromatic rings. The van der Waals surface area contributed by atoms with Crippen LogP contribution < -0.4 is 5.32 Å². The van der Waals surface area contributed by atoms with Crippen molar-refractivity contribution >= 4 is 35.8 Å². The molecule has 1 unspecified atom stereocenters. The summed E-state index contributed by atoms with van der Waals surface area (Å²) in [5.74, 6) is 0.255. The molecule has 1 N–H and O–H groups in total. The number of hydrogen-bond donors (Lipinski definition) is 1. The van der Waals surface area contributed by atoms with Crippen molar-refractivity contribution in [2.75, 3.05) is 32.7 Å². The molecular weight excluding hydrogens is 349 g/mol. The number of carbonyl (C=O) groups excluding carboxylic acids is 2. The highest BCUT2D eigenvalue weighted by atomic mass is 35.5. The zero-order chi connectivity index (χ0) is 16.2. The molecule has 2 saturated heterocycles. The summed E-state index contributed by atoms with van der Waals surface area (Å²) in [6, 6.07) is 7.40. The number of nitrogens with one attached hydrogen (secondary N) is 1. The molecule has 0 aromatic heterocycles. The van der Waals surface area contributed by atoms with E-state index in [1.807, 2.05) is 28.0 Å². The lowest BCUT2D eigenvalue weighted by molar-refractivity contribution is -0.140. The van der Waals surface area contributed by atoms with E-state index in [4.69, 9.17) is 11.6 Å². The van der Waals surface area contributed by atoms with Crippen LogP contribution in [-0.2, 0) is 16.0 Å². The van der Waals surface area contributed by atoms with Gasteiger partial charge < -0.3 is 15.1 Å². The monoisotopic (exact) mass is 371 g/mol. The van der Waals surface area contributed by atoms with E-state index >= 15 is 0 Å². The van der Waals surface area contributed by atoms with Gasteiger partial charge in [0.2, 0.25) is 11.8 Å². The van der Waals surface area contributed by atoms with Gasteiger partial charge in [-0.05, 0) is 31.0 Å². The van der Waals surface area contributed by atoms with E-state index in [1.54, 1.807) is 6.07 Å². The van der Waals surface area contributed by atoms with Gasteiger partial charge in [0.05, 0.1) is 12.5 Å². The number of rotatable bonds is 3. The Kier molecular flexibility index (Phi) is 6.90. The van der Waals surface area contributed by atoms with E-state index < -0.39 is 0 Å². The summed E-state index contributed by atoms with van der Waals surface area (Å²) < 4.78 is 0. The Labute approximate surface area is 153 Å². The zero-order valence-electron chi connectivity index (χ0n) is 13.5. The second-order valence-corrected chi connectivity index (χ2v) is 6.53.